The van der Waals surface area contributed by atoms with Crippen LogP contribution in [0, 0.1) is 0 Å². The Morgan fingerprint density at radius 1 is 1.44 bits per heavy atom. The SMILES string of the molecule is CC(CC(=O)NN)N1CCN(CCO)CC1. The molecule has 0 bridgehead atoms. The Morgan fingerprint density at radius 2 is 2.06 bits per heavy atom. The van der Waals surface area contributed by atoms with E-state index in [4.69, 9.17) is 10.9 Å². The molecule has 1 heterocycles. The Balaban J connectivity index is 2.27. The van der Waals surface area contributed by atoms with Crippen molar-refractivity contribution in [1.82, 2.24) is 15.2 Å². The van der Waals surface area contributed by atoms with E-state index in [2.05, 4.69) is 15.2 Å². The van der Waals surface area contributed by atoms with E-state index in [0.717, 1.165) is 32.7 Å². The summed E-state index contributed by atoms with van der Waals surface area (Å²) in [6.45, 7) is 6.79. The first-order valence-electron chi connectivity index (χ1n) is 5.74. The molecule has 16 heavy (non-hydrogen) atoms. The molecule has 0 aromatic carbocycles. The van der Waals surface area contributed by atoms with Gasteiger partial charge in [0.2, 0.25) is 5.91 Å². The third-order valence-electron chi connectivity index (χ3n) is 3.09. The highest BCUT2D eigenvalue weighted by Gasteiger charge is 2.21. The molecular formula is C10H22N4O2. The van der Waals surface area contributed by atoms with Gasteiger partial charge in [-0.05, 0) is 6.92 Å². The molecule has 0 spiro atoms. The molecule has 1 rings (SSSR count). The van der Waals surface area contributed by atoms with Crippen LogP contribution in [0.15, 0.2) is 0 Å². The minimum Gasteiger partial charge on any atom is -0.395 e. The second-order valence-corrected chi connectivity index (χ2v) is 4.22. The normalized spacial score (nSPS) is 20.7. The third-order valence-corrected chi connectivity index (χ3v) is 3.09. The number of nitrogens with one attached hydrogen (secondary N) is 1. The summed E-state index contributed by atoms with van der Waals surface area (Å²) in [7, 11) is 0. The molecule has 1 saturated heterocycles. The number of piperazine rings is 1. The van der Waals surface area contributed by atoms with E-state index in [1.54, 1.807) is 0 Å². The van der Waals surface area contributed by atoms with E-state index < -0.39 is 0 Å². The highest BCUT2D eigenvalue weighted by molar-refractivity contribution is 5.75. The van der Waals surface area contributed by atoms with Gasteiger partial charge in [0, 0.05) is 45.2 Å². The van der Waals surface area contributed by atoms with E-state index in [1.807, 2.05) is 6.92 Å². The number of carbonyl (C=O) groups is 1. The topological polar surface area (TPSA) is 81.8 Å². The molecule has 6 heteroatoms. The quantitative estimate of drug-likeness (QED) is 0.300. The lowest BCUT2D eigenvalue weighted by molar-refractivity contribution is -0.122. The number of nitrogens with two attached hydrogens (primary N) is 1. The van der Waals surface area contributed by atoms with E-state index in [-0.39, 0.29) is 18.6 Å². The molecule has 0 saturated carbocycles. The number of aliphatic hydroxyl groups excluding tert-OH is 1. The first-order valence-corrected chi connectivity index (χ1v) is 5.74. The van der Waals surface area contributed by atoms with Crippen molar-refractivity contribution >= 4 is 5.91 Å². The maximum Gasteiger partial charge on any atom is 0.235 e. The van der Waals surface area contributed by atoms with Crippen LogP contribution in [-0.4, -0.2) is 66.2 Å². The minimum atomic E-state index is -0.120. The van der Waals surface area contributed by atoms with Gasteiger partial charge in [-0.2, -0.15) is 0 Å². The van der Waals surface area contributed by atoms with Gasteiger partial charge in [-0.25, -0.2) is 5.84 Å². The lowest BCUT2D eigenvalue weighted by atomic mass is 10.1. The Morgan fingerprint density at radius 3 is 2.56 bits per heavy atom. The number of aliphatic hydroxyl groups is 1. The summed E-state index contributed by atoms with van der Waals surface area (Å²) in [5.41, 5.74) is 2.15. The maximum atomic E-state index is 11.1. The number of hydrogen-bond acceptors (Lipinski definition) is 5. The van der Waals surface area contributed by atoms with Crippen LogP contribution in [0.2, 0.25) is 0 Å². The van der Waals surface area contributed by atoms with Gasteiger partial charge in [0.25, 0.3) is 0 Å². The van der Waals surface area contributed by atoms with Crippen molar-refractivity contribution in [2.75, 3.05) is 39.3 Å². The summed E-state index contributed by atoms with van der Waals surface area (Å²) in [6.07, 6.45) is 0.441. The average molecular weight is 230 g/mol. The lowest BCUT2D eigenvalue weighted by Gasteiger charge is -2.37. The maximum absolute atomic E-state index is 11.1. The standard InChI is InChI=1S/C10H22N4O2/c1-9(8-10(16)12-11)14-4-2-13(3-5-14)6-7-15/h9,15H,2-8,11H2,1H3,(H,12,16). The van der Waals surface area contributed by atoms with Gasteiger partial charge < -0.3 is 5.11 Å². The fraction of sp³-hybridized carbons (Fsp3) is 0.900. The molecule has 0 radical (unpaired) electrons. The highest BCUT2D eigenvalue weighted by Crippen LogP contribution is 2.08. The Labute approximate surface area is 96.4 Å². The molecule has 0 aromatic heterocycles. The summed E-state index contributed by atoms with van der Waals surface area (Å²) in [5, 5.41) is 8.82. The van der Waals surface area contributed by atoms with Crippen molar-refractivity contribution < 1.29 is 9.90 Å². The summed E-state index contributed by atoms with van der Waals surface area (Å²) in [4.78, 5) is 15.6. The Kier molecular flexibility index (Phi) is 5.68. The van der Waals surface area contributed by atoms with Crippen molar-refractivity contribution in [3.8, 4) is 0 Å². The number of amides is 1. The number of β-amino-alcohol motifs (C(OH)–C–C–N with tert-alkyl or cyclic N) is 1. The van der Waals surface area contributed by atoms with Crippen LogP contribution in [0.3, 0.4) is 0 Å². The van der Waals surface area contributed by atoms with E-state index in [1.165, 1.54) is 0 Å². The van der Waals surface area contributed by atoms with Crippen molar-refractivity contribution in [3.63, 3.8) is 0 Å². The minimum absolute atomic E-state index is 0.120. The van der Waals surface area contributed by atoms with Crippen molar-refractivity contribution in [1.29, 1.82) is 0 Å². The molecule has 1 amide bonds. The van der Waals surface area contributed by atoms with Crippen molar-refractivity contribution in [2.24, 2.45) is 5.84 Å². The molecule has 1 fully saturated rings. The van der Waals surface area contributed by atoms with Gasteiger partial charge in [-0.3, -0.25) is 20.0 Å². The van der Waals surface area contributed by atoms with Crippen LogP contribution >= 0.6 is 0 Å². The summed E-state index contributed by atoms with van der Waals surface area (Å²) < 4.78 is 0. The molecule has 0 aromatic rings. The molecule has 6 nitrogen and oxygen atoms in total. The molecular weight excluding hydrogens is 208 g/mol. The van der Waals surface area contributed by atoms with Gasteiger partial charge >= 0.3 is 0 Å². The first kappa shape index (κ1) is 13.4. The van der Waals surface area contributed by atoms with Crippen LogP contribution in [0.4, 0.5) is 0 Å². The van der Waals surface area contributed by atoms with Gasteiger partial charge in [-0.1, -0.05) is 0 Å². The number of rotatable bonds is 5. The average Bonchev–Trinajstić information content (AvgIpc) is 2.30. The van der Waals surface area contributed by atoms with E-state index in [0.29, 0.717) is 6.42 Å². The van der Waals surface area contributed by atoms with Crippen LogP contribution in [0.25, 0.3) is 0 Å². The van der Waals surface area contributed by atoms with Gasteiger partial charge in [0.15, 0.2) is 0 Å². The number of hydrogen-bond donors (Lipinski definition) is 3. The molecule has 4 N–H and O–H groups in total. The molecule has 0 aliphatic carbocycles. The summed E-state index contributed by atoms with van der Waals surface area (Å²) in [6, 6.07) is 0.222. The van der Waals surface area contributed by atoms with Crippen molar-refractivity contribution in [2.45, 2.75) is 19.4 Å². The van der Waals surface area contributed by atoms with Gasteiger partial charge in [0.05, 0.1) is 6.61 Å². The van der Waals surface area contributed by atoms with E-state index >= 15 is 0 Å². The zero-order valence-electron chi connectivity index (χ0n) is 9.85. The fourth-order valence-corrected chi connectivity index (χ4v) is 2.03. The lowest BCUT2D eigenvalue weighted by Crippen LogP contribution is -2.51. The monoisotopic (exact) mass is 230 g/mol. The Bertz CT molecular complexity index is 217. The second kappa shape index (κ2) is 6.80. The first-order chi connectivity index (χ1) is 7.67. The van der Waals surface area contributed by atoms with Crippen LogP contribution in [0.5, 0.6) is 0 Å². The van der Waals surface area contributed by atoms with E-state index in [9.17, 15) is 4.79 Å². The predicted molar refractivity (Wildman–Crippen MR) is 61.5 cm³/mol. The zero-order valence-corrected chi connectivity index (χ0v) is 9.85. The summed E-state index contributed by atoms with van der Waals surface area (Å²) >= 11 is 0. The number of carbonyl (C=O) groups excluding carboxylic acids is 1. The number of nitrogens with zero attached hydrogens (tertiary/aromatic N) is 2. The highest BCUT2D eigenvalue weighted by atomic mass is 16.3. The summed E-state index contributed by atoms with van der Waals surface area (Å²) in [5.74, 6) is 4.94. The van der Waals surface area contributed by atoms with Gasteiger partial charge in [0.1, 0.15) is 0 Å². The predicted octanol–water partition coefficient (Wildman–Crippen LogP) is -1.64. The molecule has 1 atom stereocenters. The van der Waals surface area contributed by atoms with Crippen LogP contribution < -0.4 is 11.3 Å². The van der Waals surface area contributed by atoms with Crippen LogP contribution in [-0.2, 0) is 4.79 Å². The smallest absolute Gasteiger partial charge is 0.235 e. The zero-order chi connectivity index (χ0) is 12.0. The third kappa shape index (κ3) is 4.05. The molecule has 1 aliphatic rings. The molecule has 1 aliphatic heterocycles. The van der Waals surface area contributed by atoms with Crippen LogP contribution in [0.1, 0.15) is 13.3 Å². The Hall–Kier alpha value is -0.690. The van der Waals surface area contributed by atoms with Gasteiger partial charge in [-0.15, -0.1) is 0 Å². The van der Waals surface area contributed by atoms with Crippen molar-refractivity contribution in [3.05, 3.63) is 0 Å². The number of hydrazine groups is 1. The second-order valence-electron chi connectivity index (χ2n) is 4.22. The molecule has 1 unspecified atom stereocenters. The molecule has 94 valence electrons. The largest absolute Gasteiger partial charge is 0.395 e. The fourth-order valence-electron chi connectivity index (χ4n) is 2.03.